The van der Waals surface area contributed by atoms with E-state index in [0.29, 0.717) is 38.9 Å². The van der Waals surface area contributed by atoms with E-state index in [1.165, 1.54) is 0 Å². The first-order valence-corrected chi connectivity index (χ1v) is 10.5. The van der Waals surface area contributed by atoms with Crippen LogP contribution < -0.4 is 14.8 Å². The highest BCUT2D eigenvalue weighted by Crippen LogP contribution is 2.31. The topological polar surface area (TPSA) is 60.0 Å². The van der Waals surface area contributed by atoms with Gasteiger partial charge < -0.3 is 19.5 Å². The van der Waals surface area contributed by atoms with Crippen LogP contribution in [0.4, 0.5) is 0 Å². The summed E-state index contributed by atoms with van der Waals surface area (Å²) < 4.78 is 16.5. The molecule has 0 aliphatic heterocycles. The summed E-state index contributed by atoms with van der Waals surface area (Å²) in [5.74, 6) is 1.66. The molecule has 1 N–H and O–H groups in total. The van der Waals surface area contributed by atoms with Crippen LogP contribution in [0.2, 0.25) is 0 Å². The van der Waals surface area contributed by atoms with E-state index in [2.05, 4.69) is 10.2 Å². The van der Waals surface area contributed by atoms with Gasteiger partial charge >= 0.3 is 0 Å². The van der Waals surface area contributed by atoms with E-state index in [1.807, 2.05) is 48.5 Å². The standard InChI is InChI=1S/C24H32N2O4/c1-28-22-11-12-23(29-2)20(15-22)16-26(21-9-10-21)17-24(27)25-13-6-14-30-18-19-7-4-3-5-8-19/h3-5,7-8,11-12,15,21H,6,9-10,13-14,16-18H2,1-2H3,(H,25,27). The number of methoxy groups -OCH3 is 2. The number of benzene rings is 2. The molecule has 0 spiro atoms. The Labute approximate surface area is 179 Å². The molecule has 162 valence electrons. The molecule has 0 atom stereocenters. The van der Waals surface area contributed by atoms with Crippen LogP contribution in [0.5, 0.6) is 11.5 Å². The summed E-state index contributed by atoms with van der Waals surface area (Å²) in [7, 11) is 3.32. The Bertz CT molecular complexity index is 793. The van der Waals surface area contributed by atoms with Gasteiger partial charge in [0.25, 0.3) is 0 Å². The Morgan fingerprint density at radius 3 is 2.60 bits per heavy atom. The van der Waals surface area contributed by atoms with E-state index in [9.17, 15) is 4.79 Å². The molecule has 1 saturated carbocycles. The molecule has 2 aromatic carbocycles. The maximum atomic E-state index is 12.5. The third kappa shape index (κ3) is 7.04. The lowest BCUT2D eigenvalue weighted by molar-refractivity contribution is -0.122. The van der Waals surface area contributed by atoms with Gasteiger partial charge in [-0.05, 0) is 43.0 Å². The Morgan fingerprint density at radius 2 is 1.90 bits per heavy atom. The fraction of sp³-hybridized carbons (Fsp3) is 0.458. The maximum Gasteiger partial charge on any atom is 0.234 e. The number of nitrogens with one attached hydrogen (secondary N) is 1. The summed E-state index contributed by atoms with van der Waals surface area (Å²) in [5.41, 5.74) is 2.19. The maximum absolute atomic E-state index is 12.5. The van der Waals surface area contributed by atoms with Crippen LogP contribution in [0, 0.1) is 0 Å². The zero-order valence-electron chi connectivity index (χ0n) is 17.9. The van der Waals surface area contributed by atoms with Crippen molar-refractivity contribution in [1.82, 2.24) is 10.2 Å². The molecular formula is C24H32N2O4. The highest BCUT2D eigenvalue weighted by atomic mass is 16.5. The van der Waals surface area contributed by atoms with Crippen molar-refractivity contribution >= 4 is 5.91 Å². The Balaban J connectivity index is 1.40. The van der Waals surface area contributed by atoms with E-state index in [0.717, 1.165) is 41.9 Å². The lowest BCUT2D eigenvalue weighted by Gasteiger charge is -2.23. The molecule has 1 aliphatic rings. The van der Waals surface area contributed by atoms with Gasteiger partial charge in [-0.15, -0.1) is 0 Å². The highest BCUT2D eigenvalue weighted by molar-refractivity contribution is 5.78. The van der Waals surface area contributed by atoms with Gasteiger partial charge in [-0.1, -0.05) is 30.3 Å². The molecule has 2 aromatic rings. The monoisotopic (exact) mass is 412 g/mol. The second kappa shape index (κ2) is 11.6. The fourth-order valence-electron chi connectivity index (χ4n) is 3.38. The molecule has 0 radical (unpaired) electrons. The summed E-state index contributed by atoms with van der Waals surface area (Å²) in [4.78, 5) is 14.7. The average molecular weight is 413 g/mol. The predicted molar refractivity (Wildman–Crippen MR) is 117 cm³/mol. The number of carbonyl (C=O) groups is 1. The van der Waals surface area contributed by atoms with Crippen LogP contribution in [-0.4, -0.2) is 50.8 Å². The molecule has 3 rings (SSSR count). The fourth-order valence-corrected chi connectivity index (χ4v) is 3.38. The van der Waals surface area contributed by atoms with Gasteiger partial charge in [0.1, 0.15) is 11.5 Å². The lowest BCUT2D eigenvalue weighted by Crippen LogP contribution is -2.38. The van der Waals surface area contributed by atoms with Crippen molar-refractivity contribution < 1.29 is 19.0 Å². The van der Waals surface area contributed by atoms with Crippen LogP contribution in [0.25, 0.3) is 0 Å². The SMILES string of the molecule is COc1ccc(OC)c(CN(CC(=O)NCCCOCc2ccccc2)C2CC2)c1. The summed E-state index contributed by atoms with van der Waals surface area (Å²) >= 11 is 0. The minimum atomic E-state index is 0.0480. The number of ether oxygens (including phenoxy) is 3. The number of hydrogen-bond donors (Lipinski definition) is 1. The summed E-state index contributed by atoms with van der Waals surface area (Å²) in [5, 5.41) is 3.01. The first-order chi connectivity index (χ1) is 14.7. The normalized spacial score (nSPS) is 13.3. The number of rotatable bonds is 13. The summed E-state index contributed by atoms with van der Waals surface area (Å²) in [6, 6.07) is 16.3. The van der Waals surface area contributed by atoms with Gasteiger partial charge in [0, 0.05) is 31.3 Å². The minimum absolute atomic E-state index is 0.0480. The largest absolute Gasteiger partial charge is 0.497 e. The predicted octanol–water partition coefficient (Wildman–Crippen LogP) is 3.39. The van der Waals surface area contributed by atoms with E-state index < -0.39 is 0 Å². The molecule has 1 aliphatic carbocycles. The average Bonchev–Trinajstić information content (AvgIpc) is 3.62. The van der Waals surface area contributed by atoms with E-state index in [4.69, 9.17) is 14.2 Å². The van der Waals surface area contributed by atoms with E-state index >= 15 is 0 Å². The third-order valence-corrected chi connectivity index (χ3v) is 5.17. The minimum Gasteiger partial charge on any atom is -0.497 e. The van der Waals surface area contributed by atoms with Crippen LogP contribution in [0.3, 0.4) is 0 Å². The summed E-state index contributed by atoms with van der Waals surface area (Å²) in [6.07, 6.45) is 3.06. The van der Waals surface area contributed by atoms with Crippen LogP contribution >= 0.6 is 0 Å². The van der Waals surface area contributed by atoms with Crippen molar-refractivity contribution in [3.63, 3.8) is 0 Å². The first-order valence-electron chi connectivity index (χ1n) is 10.5. The second-order valence-corrected chi connectivity index (χ2v) is 7.56. The summed E-state index contributed by atoms with van der Waals surface area (Å²) in [6.45, 7) is 2.90. The van der Waals surface area contributed by atoms with E-state index in [-0.39, 0.29) is 5.91 Å². The highest BCUT2D eigenvalue weighted by Gasteiger charge is 2.30. The van der Waals surface area contributed by atoms with Gasteiger partial charge in [0.05, 0.1) is 27.4 Å². The molecule has 1 amide bonds. The Kier molecular flexibility index (Phi) is 8.53. The molecule has 0 unspecified atom stereocenters. The first kappa shape index (κ1) is 22.1. The van der Waals surface area contributed by atoms with Crippen molar-refractivity contribution in [3.05, 3.63) is 59.7 Å². The van der Waals surface area contributed by atoms with Gasteiger partial charge in [0.15, 0.2) is 0 Å². The van der Waals surface area contributed by atoms with Crippen molar-refractivity contribution in [1.29, 1.82) is 0 Å². The van der Waals surface area contributed by atoms with Crippen molar-refractivity contribution in [2.75, 3.05) is 33.9 Å². The van der Waals surface area contributed by atoms with E-state index in [1.54, 1.807) is 14.2 Å². The zero-order chi connectivity index (χ0) is 21.2. The zero-order valence-corrected chi connectivity index (χ0v) is 17.9. The smallest absolute Gasteiger partial charge is 0.234 e. The molecule has 0 saturated heterocycles. The molecule has 6 heteroatoms. The van der Waals surface area contributed by atoms with Gasteiger partial charge in [-0.25, -0.2) is 0 Å². The van der Waals surface area contributed by atoms with Crippen LogP contribution in [0.1, 0.15) is 30.4 Å². The second-order valence-electron chi connectivity index (χ2n) is 7.56. The molecular weight excluding hydrogens is 380 g/mol. The number of hydrogen-bond acceptors (Lipinski definition) is 5. The lowest BCUT2D eigenvalue weighted by atomic mass is 10.1. The quantitative estimate of drug-likeness (QED) is 0.511. The Morgan fingerprint density at radius 1 is 1.10 bits per heavy atom. The van der Waals surface area contributed by atoms with Crippen LogP contribution in [0.15, 0.2) is 48.5 Å². The van der Waals surface area contributed by atoms with Crippen molar-refractivity contribution in [3.8, 4) is 11.5 Å². The van der Waals surface area contributed by atoms with Crippen molar-refractivity contribution in [2.45, 2.75) is 38.5 Å². The number of amides is 1. The van der Waals surface area contributed by atoms with Gasteiger partial charge in [-0.2, -0.15) is 0 Å². The molecule has 1 fully saturated rings. The molecule has 0 heterocycles. The number of nitrogens with zero attached hydrogens (tertiary/aromatic N) is 1. The number of carbonyl (C=O) groups excluding carboxylic acids is 1. The van der Waals surface area contributed by atoms with Gasteiger partial charge in [0.2, 0.25) is 5.91 Å². The van der Waals surface area contributed by atoms with Crippen molar-refractivity contribution in [2.24, 2.45) is 0 Å². The van der Waals surface area contributed by atoms with Gasteiger partial charge in [-0.3, -0.25) is 9.69 Å². The third-order valence-electron chi connectivity index (χ3n) is 5.17. The van der Waals surface area contributed by atoms with Crippen LogP contribution in [-0.2, 0) is 22.7 Å². The molecule has 0 bridgehead atoms. The molecule has 30 heavy (non-hydrogen) atoms. The Hall–Kier alpha value is -2.57. The molecule has 6 nitrogen and oxygen atoms in total. The molecule has 0 aromatic heterocycles.